The summed E-state index contributed by atoms with van der Waals surface area (Å²) in [4.78, 5) is 14.2. The predicted molar refractivity (Wildman–Crippen MR) is 76.1 cm³/mol. The number of nitrogens with one attached hydrogen (secondary N) is 1. The first-order valence-corrected chi connectivity index (χ1v) is 7.41. The molecule has 2 saturated heterocycles. The molecule has 0 aliphatic carbocycles. The minimum Gasteiger partial charge on any atom is -0.444 e. The second kappa shape index (κ2) is 4.97. The van der Waals surface area contributed by atoms with Crippen LogP contribution in [0.25, 0.3) is 0 Å². The van der Waals surface area contributed by atoms with E-state index in [1.54, 1.807) is 0 Å². The van der Waals surface area contributed by atoms with E-state index in [2.05, 4.69) is 19.2 Å². The monoisotopic (exact) mass is 268 g/mol. The van der Waals surface area contributed by atoms with Gasteiger partial charge in [-0.15, -0.1) is 0 Å². The van der Waals surface area contributed by atoms with E-state index in [-0.39, 0.29) is 11.5 Å². The van der Waals surface area contributed by atoms with E-state index in [1.807, 2.05) is 25.7 Å². The number of carbonyl (C=O) groups excluding carboxylic acids is 1. The molecule has 4 nitrogen and oxygen atoms in total. The van der Waals surface area contributed by atoms with Gasteiger partial charge in [-0.25, -0.2) is 4.79 Å². The number of amides is 1. The Bertz CT molecular complexity index is 341. The molecule has 19 heavy (non-hydrogen) atoms. The van der Waals surface area contributed by atoms with Gasteiger partial charge in [0.2, 0.25) is 0 Å². The molecular weight excluding hydrogens is 240 g/mol. The van der Waals surface area contributed by atoms with Crippen molar-refractivity contribution in [3.63, 3.8) is 0 Å². The van der Waals surface area contributed by atoms with Crippen molar-refractivity contribution in [1.29, 1.82) is 0 Å². The van der Waals surface area contributed by atoms with Gasteiger partial charge in [0.25, 0.3) is 0 Å². The molecule has 2 rings (SSSR count). The summed E-state index contributed by atoms with van der Waals surface area (Å²) in [5, 5.41) is 3.39. The van der Waals surface area contributed by atoms with Gasteiger partial charge < -0.3 is 15.0 Å². The van der Waals surface area contributed by atoms with E-state index in [0.717, 1.165) is 32.5 Å². The van der Waals surface area contributed by atoms with Crippen molar-refractivity contribution < 1.29 is 9.53 Å². The first-order chi connectivity index (χ1) is 8.71. The number of hydrogen-bond acceptors (Lipinski definition) is 3. The molecule has 0 spiro atoms. The fourth-order valence-corrected chi connectivity index (χ4v) is 3.49. The molecule has 0 bridgehead atoms. The SMILES string of the molecule is CC(C)(C)OC(=O)N1CC(C)(C)[C@@H]1C1CCNCC1. The van der Waals surface area contributed by atoms with Crippen molar-refractivity contribution in [1.82, 2.24) is 10.2 Å². The molecule has 2 aliphatic heterocycles. The molecule has 0 radical (unpaired) electrons. The lowest BCUT2D eigenvalue weighted by molar-refractivity contribution is -0.0908. The summed E-state index contributed by atoms with van der Waals surface area (Å²) in [6, 6.07) is 0.337. The Morgan fingerprint density at radius 1 is 1.26 bits per heavy atom. The van der Waals surface area contributed by atoms with Crippen molar-refractivity contribution in [3.8, 4) is 0 Å². The van der Waals surface area contributed by atoms with Crippen LogP contribution in [0.2, 0.25) is 0 Å². The van der Waals surface area contributed by atoms with Crippen LogP contribution in [0.5, 0.6) is 0 Å². The van der Waals surface area contributed by atoms with E-state index >= 15 is 0 Å². The summed E-state index contributed by atoms with van der Waals surface area (Å²) in [6.45, 7) is 13.3. The van der Waals surface area contributed by atoms with Gasteiger partial charge in [0.1, 0.15) is 5.60 Å². The molecular formula is C15H28N2O2. The first-order valence-electron chi connectivity index (χ1n) is 7.41. The molecule has 4 heteroatoms. The van der Waals surface area contributed by atoms with Crippen LogP contribution in [0.3, 0.4) is 0 Å². The van der Waals surface area contributed by atoms with Crippen LogP contribution in [-0.4, -0.2) is 42.3 Å². The smallest absolute Gasteiger partial charge is 0.410 e. The fourth-order valence-electron chi connectivity index (χ4n) is 3.49. The summed E-state index contributed by atoms with van der Waals surface area (Å²) in [5.41, 5.74) is -0.186. The van der Waals surface area contributed by atoms with E-state index in [4.69, 9.17) is 4.74 Å². The van der Waals surface area contributed by atoms with Crippen LogP contribution < -0.4 is 5.32 Å². The quantitative estimate of drug-likeness (QED) is 0.795. The Balaban J connectivity index is 2.03. The number of nitrogens with zero attached hydrogens (tertiary/aromatic N) is 1. The number of rotatable bonds is 1. The van der Waals surface area contributed by atoms with E-state index in [9.17, 15) is 4.79 Å². The summed E-state index contributed by atoms with van der Waals surface area (Å²) in [6.07, 6.45) is 2.18. The van der Waals surface area contributed by atoms with Gasteiger partial charge in [-0.2, -0.15) is 0 Å². The molecule has 1 atom stereocenters. The van der Waals surface area contributed by atoms with Gasteiger partial charge in [0.15, 0.2) is 0 Å². The zero-order valence-electron chi connectivity index (χ0n) is 13.0. The molecule has 2 heterocycles. The Morgan fingerprint density at radius 3 is 2.32 bits per heavy atom. The number of hydrogen-bond donors (Lipinski definition) is 1. The molecule has 0 aromatic carbocycles. The summed E-state index contributed by atoms with van der Waals surface area (Å²) >= 11 is 0. The zero-order chi connectivity index (χ0) is 14.3. The third kappa shape index (κ3) is 3.22. The largest absolute Gasteiger partial charge is 0.444 e. The lowest BCUT2D eigenvalue weighted by Crippen LogP contribution is -2.67. The maximum atomic E-state index is 12.3. The van der Waals surface area contributed by atoms with Crippen molar-refractivity contribution in [2.75, 3.05) is 19.6 Å². The highest BCUT2D eigenvalue weighted by Crippen LogP contribution is 2.44. The van der Waals surface area contributed by atoms with E-state index < -0.39 is 5.60 Å². The highest BCUT2D eigenvalue weighted by atomic mass is 16.6. The first kappa shape index (κ1) is 14.6. The summed E-state index contributed by atoms with van der Waals surface area (Å²) in [5.74, 6) is 0.609. The van der Waals surface area contributed by atoms with Crippen LogP contribution in [0, 0.1) is 11.3 Å². The van der Waals surface area contributed by atoms with Gasteiger partial charge in [-0.05, 0) is 52.6 Å². The van der Waals surface area contributed by atoms with Crippen LogP contribution in [0.4, 0.5) is 4.79 Å². The molecule has 0 aromatic heterocycles. The average molecular weight is 268 g/mol. The van der Waals surface area contributed by atoms with E-state index in [1.165, 1.54) is 0 Å². The highest BCUT2D eigenvalue weighted by Gasteiger charge is 2.52. The molecule has 0 aromatic rings. The van der Waals surface area contributed by atoms with Gasteiger partial charge in [0, 0.05) is 18.0 Å². The Morgan fingerprint density at radius 2 is 1.84 bits per heavy atom. The maximum Gasteiger partial charge on any atom is 0.410 e. The summed E-state index contributed by atoms with van der Waals surface area (Å²) in [7, 11) is 0. The Labute approximate surface area is 116 Å². The zero-order valence-corrected chi connectivity index (χ0v) is 13.0. The third-order valence-electron chi connectivity index (χ3n) is 4.17. The second-order valence-corrected chi connectivity index (χ2v) is 7.63. The average Bonchev–Trinajstić information content (AvgIpc) is 2.25. The Kier molecular flexibility index (Phi) is 3.83. The van der Waals surface area contributed by atoms with Crippen LogP contribution in [0.1, 0.15) is 47.5 Å². The number of piperidine rings is 1. The second-order valence-electron chi connectivity index (χ2n) is 7.63. The lowest BCUT2D eigenvalue weighted by atomic mass is 9.67. The topological polar surface area (TPSA) is 41.6 Å². The molecule has 2 aliphatic rings. The lowest BCUT2D eigenvalue weighted by Gasteiger charge is -2.57. The van der Waals surface area contributed by atoms with E-state index in [0.29, 0.717) is 12.0 Å². The molecule has 110 valence electrons. The van der Waals surface area contributed by atoms with Crippen LogP contribution in [-0.2, 0) is 4.74 Å². The van der Waals surface area contributed by atoms with Crippen molar-refractivity contribution in [3.05, 3.63) is 0 Å². The van der Waals surface area contributed by atoms with Crippen molar-refractivity contribution in [2.24, 2.45) is 11.3 Å². The molecule has 0 saturated carbocycles. The minimum absolute atomic E-state index is 0.143. The van der Waals surface area contributed by atoms with Gasteiger partial charge in [-0.3, -0.25) is 0 Å². The minimum atomic E-state index is -0.407. The Hall–Kier alpha value is -0.770. The van der Waals surface area contributed by atoms with Crippen LogP contribution in [0.15, 0.2) is 0 Å². The van der Waals surface area contributed by atoms with Gasteiger partial charge in [0.05, 0.1) is 0 Å². The predicted octanol–water partition coefficient (Wildman–Crippen LogP) is 2.63. The standard InChI is InChI=1S/C15H28N2O2/c1-14(2,3)19-13(18)17-10-15(4,5)12(17)11-6-8-16-9-7-11/h11-12,16H,6-10H2,1-5H3/t12-/m0/s1. The summed E-state index contributed by atoms with van der Waals surface area (Å²) < 4.78 is 5.53. The molecule has 1 amide bonds. The molecule has 1 N–H and O–H groups in total. The maximum absolute atomic E-state index is 12.3. The number of likely N-dealkylation sites (tertiary alicyclic amines) is 1. The number of carbonyl (C=O) groups is 1. The van der Waals surface area contributed by atoms with Gasteiger partial charge >= 0.3 is 6.09 Å². The normalized spacial score (nSPS) is 27.8. The van der Waals surface area contributed by atoms with Crippen LogP contribution >= 0.6 is 0 Å². The molecule has 0 unspecified atom stereocenters. The highest BCUT2D eigenvalue weighted by molar-refractivity contribution is 5.70. The molecule has 2 fully saturated rings. The number of ether oxygens (including phenoxy) is 1. The van der Waals surface area contributed by atoms with Gasteiger partial charge in [-0.1, -0.05) is 13.8 Å². The third-order valence-corrected chi connectivity index (χ3v) is 4.17. The van der Waals surface area contributed by atoms with Crippen molar-refractivity contribution >= 4 is 6.09 Å². The van der Waals surface area contributed by atoms with Crippen molar-refractivity contribution in [2.45, 2.75) is 59.1 Å². The fraction of sp³-hybridized carbons (Fsp3) is 0.933.